The maximum absolute atomic E-state index is 12.5. The molecule has 2 aromatic carbocycles. The molecule has 2 N–H and O–H groups in total. The molecule has 144 valence electrons. The Kier molecular flexibility index (Phi) is 7.61. The summed E-state index contributed by atoms with van der Waals surface area (Å²) in [6, 6.07) is 14.5. The quantitative estimate of drug-likeness (QED) is 0.679. The zero-order valence-corrected chi connectivity index (χ0v) is 16.9. The van der Waals surface area contributed by atoms with E-state index in [1.807, 2.05) is 44.2 Å². The highest BCUT2D eigenvalue weighted by atomic mass is 32.1. The Hall–Kier alpha value is -2.60. The summed E-state index contributed by atoms with van der Waals surface area (Å²) in [6.45, 7) is 8.63. The normalized spacial score (nSPS) is 10.6. The van der Waals surface area contributed by atoms with Gasteiger partial charge in [0.1, 0.15) is 11.5 Å². The van der Waals surface area contributed by atoms with Gasteiger partial charge in [-0.25, -0.2) is 0 Å². The van der Waals surface area contributed by atoms with Crippen molar-refractivity contribution in [1.29, 1.82) is 0 Å². The SMILES string of the molecule is CC(C)COc1ccccc1NC(=S)NC(=O)c1cccc(OC(C)C)c1. The monoisotopic (exact) mass is 386 g/mol. The van der Waals surface area contributed by atoms with E-state index >= 15 is 0 Å². The van der Waals surface area contributed by atoms with Crippen LogP contribution in [0.4, 0.5) is 5.69 Å². The van der Waals surface area contributed by atoms with Crippen molar-refractivity contribution in [2.75, 3.05) is 11.9 Å². The van der Waals surface area contributed by atoms with Gasteiger partial charge in [-0.3, -0.25) is 10.1 Å². The first-order valence-electron chi connectivity index (χ1n) is 8.96. The van der Waals surface area contributed by atoms with Crippen LogP contribution < -0.4 is 20.1 Å². The standard InChI is InChI=1S/C21H26N2O3S/c1-14(2)13-25-19-11-6-5-10-18(19)22-21(27)23-20(24)16-8-7-9-17(12-16)26-15(3)4/h5-12,14-15H,13H2,1-4H3,(H2,22,23,24,27). The number of carbonyl (C=O) groups excluding carboxylic acids is 1. The average Bonchev–Trinajstić information content (AvgIpc) is 2.60. The van der Waals surface area contributed by atoms with Crippen LogP contribution in [0.2, 0.25) is 0 Å². The van der Waals surface area contributed by atoms with Crippen molar-refractivity contribution in [3.8, 4) is 11.5 Å². The molecule has 0 radical (unpaired) electrons. The van der Waals surface area contributed by atoms with E-state index in [0.717, 1.165) is 0 Å². The van der Waals surface area contributed by atoms with E-state index in [-0.39, 0.29) is 17.1 Å². The van der Waals surface area contributed by atoms with Gasteiger partial charge in [0.2, 0.25) is 0 Å². The molecule has 0 aromatic heterocycles. The van der Waals surface area contributed by atoms with Crippen LogP contribution in [0.5, 0.6) is 11.5 Å². The summed E-state index contributed by atoms with van der Waals surface area (Å²) in [5.74, 6) is 1.44. The third-order valence-corrected chi connectivity index (χ3v) is 3.61. The number of rotatable bonds is 7. The third-order valence-electron chi connectivity index (χ3n) is 3.40. The number of para-hydroxylation sites is 2. The molecule has 0 bridgehead atoms. The van der Waals surface area contributed by atoms with E-state index in [0.29, 0.717) is 35.3 Å². The number of amides is 1. The number of carbonyl (C=O) groups is 1. The minimum absolute atomic E-state index is 0.0356. The van der Waals surface area contributed by atoms with Crippen LogP contribution in [-0.4, -0.2) is 23.7 Å². The van der Waals surface area contributed by atoms with Gasteiger partial charge in [-0.1, -0.05) is 32.0 Å². The fraction of sp³-hybridized carbons (Fsp3) is 0.333. The average molecular weight is 387 g/mol. The van der Waals surface area contributed by atoms with Crippen molar-refractivity contribution in [1.82, 2.24) is 5.32 Å². The summed E-state index contributed by atoms with van der Waals surface area (Å²) < 4.78 is 11.4. The van der Waals surface area contributed by atoms with Crippen molar-refractivity contribution >= 4 is 28.9 Å². The number of anilines is 1. The molecule has 0 saturated carbocycles. The lowest BCUT2D eigenvalue weighted by Gasteiger charge is -2.15. The van der Waals surface area contributed by atoms with E-state index in [2.05, 4.69) is 24.5 Å². The summed E-state index contributed by atoms with van der Waals surface area (Å²) in [4.78, 5) is 12.5. The molecular weight excluding hydrogens is 360 g/mol. The highest BCUT2D eigenvalue weighted by Gasteiger charge is 2.11. The van der Waals surface area contributed by atoms with Crippen LogP contribution in [0.3, 0.4) is 0 Å². The zero-order valence-electron chi connectivity index (χ0n) is 16.1. The Morgan fingerprint density at radius 3 is 2.52 bits per heavy atom. The van der Waals surface area contributed by atoms with Crippen molar-refractivity contribution in [2.45, 2.75) is 33.8 Å². The molecule has 0 saturated heterocycles. The van der Waals surface area contributed by atoms with Crippen molar-refractivity contribution < 1.29 is 14.3 Å². The summed E-state index contributed by atoms with van der Waals surface area (Å²) >= 11 is 5.28. The minimum Gasteiger partial charge on any atom is -0.491 e. The molecule has 5 nitrogen and oxygen atoms in total. The molecule has 0 aliphatic rings. The number of thiocarbonyl (C=S) groups is 1. The van der Waals surface area contributed by atoms with Crippen molar-refractivity contribution in [2.24, 2.45) is 5.92 Å². The summed E-state index contributed by atoms with van der Waals surface area (Å²) in [5, 5.41) is 5.92. The van der Waals surface area contributed by atoms with Crippen LogP contribution in [-0.2, 0) is 0 Å². The first kappa shape index (κ1) is 20.7. The smallest absolute Gasteiger partial charge is 0.257 e. The molecule has 0 aliphatic carbocycles. The number of benzene rings is 2. The number of ether oxygens (including phenoxy) is 2. The Morgan fingerprint density at radius 1 is 1.07 bits per heavy atom. The van der Waals surface area contributed by atoms with Gasteiger partial charge in [-0.05, 0) is 62.3 Å². The van der Waals surface area contributed by atoms with E-state index in [1.165, 1.54) is 0 Å². The second-order valence-electron chi connectivity index (χ2n) is 6.80. The second kappa shape index (κ2) is 9.92. The molecular formula is C21H26N2O3S. The fourth-order valence-electron chi connectivity index (χ4n) is 2.26. The van der Waals surface area contributed by atoms with Gasteiger partial charge >= 0.3 is 0 Å². The molecule has 1 amide bonds. The molecule has 2 aromatic rings. The van der Waals surface area contributed by atoms with Crippen molar-refractivity contribution in [3.05, 3.63) is 54.1 Å². The van der Waals surface area contributed by atoms with Gasteiger partial charge in [-0.15, -0.1) is 0 Å². The second-order valence-corrected chi connectivity index (χ2v) is 7.21. The van der Waals surface area contributed by atoms with Gasteiger partial charge in [-0.2, -0.15) is 0 Å². The summed E-state index contributed by atoms with van der Waals surface area (Å²) in [7, 11) is 0. The lowest BCUT2D eigenvalue weighted by molar-refractivity contribution is 0.0977. The molecule has 27 heavy (non-hydrogen) atoms. The van der Waals surface area contributed by atoms with E-state index < -0.39 is 0 Å². The van der Waals surface area contributed by atoms with E-state index in [4.69, 9.17) is 21.7 Å². The molecule has 2 rings (SSSR count). The molecule has 6 heteroatoms. The Morgan fingerprint density at radius 2 is 1.81 bits per heavy atom. The maximum atomic E-state index is 12.5. The predicted octanol–water partition coefficient (Wildman–Crippen LogP) is 4.64. The van der Waals surface area contributed by atoms with Gasteiger partial charge < -0.3 is 14.8 Å². The van der Waals surface area contributed by atoms with Crippen LogP contribution >= 0.6 is 12.2 Å². The Labute approximate surface area is 166 Å². The molecule has 0 fully saturated rings. The fourth-order valence-corrected chi connectivity index (χ4v) is 2.47. The zero-order chi connectivity index (χ0) is 19.8. The Balaban J connectivity index is 2.01. The summed E-state index contributed by atoms with van der Waals surface area (Å²) in [6.07, 6.45) is 0.0356. The highest BCUT2D eigenvalue weighted by Crippen LogP contribution is 2.24. The molecule has 0 unspecified atom stereocenters. The molecule has 0 aliphatic heterocycles. The highest BCUT2D eigenvalue weighted by molar-refractivity contribution is 7.80. The van der Waals surface area contributed by atoms with Crippen molar-refractivity contribution in [3.63, 3.8) is 0 Å². The lowest BCUT2D eigenvalue weighted by atomic mass is 10.2. The van der Waals surface area contributed by atoms with Gasteiger partial charge in [0, 0.05) is 5.56 Å². The largest absolute Gasteiger partial charge is 0.491 e. The maximum Gasteiger partial charge on any atom is 0.257 e. The lowest BCUT2D eigenvalue weighted by Crippen LogP contribution is -2.34. The van der Waals surface area contributed by atoms with E-state index in [1.54, 1.807) is 18.2 Å². The van der Waals surface area contributed by atoms with E-state index in [9.17, 15) is 4.79 Å². The minimum atomic E-state index is -0.303. The predicted molar refractivity (Wildman–Crippen MR) is 113 cm³/mol. The first-order chi connectivity index (χ1) is 12.8. The Bertz CT molecular complexity index is 791. The number of hydrogen-bond donors (Lipinski definition) is 2. The van der Waals surface area contributed by atoms with Crippen LogP contribution in [0.15, 0.2) is 48.5 Å². The van der Waals surface area contributed by atoms with Gasteiger partial charge in [0.15, 0.2) is 5.11 Å². The summed E-state index contributed by atoms with van der Waals surface area (Å²) in [5.41, 5.74) is 1.18. The topological polar surface area (TPSA) is 59.6 Å². The number of nitrogens with one attached hydrogen (secondary N) is 2. The van der Waals surface area contributed by atoms with Gasteiger partial charge in [0.25, 0.3) is 5.91 Å². The third kappa shape index (κ3) is 6.90. The molecule has 0 spiro atoms. The first-order valence-corrected chi connectivity index (χ1v) is 9.37. The van der Waals surface area contributed by atoms with Crippen LogP contribution in [0.25, 0.3) is 0 Å². The molecule has 0 atom stereocenters. The van der Waals surface area contributed by atoms with Gasteiger partial charge in [0.05, 0.1) is 18.4 Å². The van der Waals surface area contributed by atoms with Crippen LogP contribution in [0, 0.1) is 5.92 Å². The number of hydrogen-bond acceptors (Lipinski definition) is 4. The van der Waals surface area contributed by atoms with Crippen LogP contribution in [0.1, 0.15) is 38.1 Å². The molecule has 0 heterocycles.